The fourth-order valence-electron chi connectivity index (χ4n) is 9.15. The van der Waals surface area contributed by atoms with Gasteiger partial charge in [-0.15, -0.1) is 0 Å². The Morgan fingerprint density at radius 3 is 2.39 bits per heavy atom. The molecule has 5 fully saturated rings. The molecule has 1 saturated heterocycles. The van der Waals surface area contributed by atoms with Crippen LogP contribution in [0.4, 0.5) is 0 Å². The number of rotatable bonds is 4. The number of fused-ring (bicyclic) bond motifs is 5. The third-order valence-electron chi connectivity index (χ3n) is 11.2. The molecular formula is C27H43NO3. The van der Waals surface area contributed by atoms with Crippen molar-refractivity contribution in [1.29, 1.82) is 0 Å². The number of hydrogen-bond acceptors (Lipinski definition) is 4. The van der Waals surface area contributed by atoms with Crippen molar-refractivity contribution in [3.63, 3.8) is 0 Å². The van der Waals surface area contributed by atoms with Gasteiger partial charge in [0.15, 0.2) is 0 Å². The highest BCUT2D eigenvalue weighted by molar-refractivity contribution is 5.91. The van der Waals surface area contributed by atoms with Gasteiger partial charge in [-0.2, -0.15) is 0 Å². The highest BCUT2D eigenvalue weighted by atomic mass is 16.3. The summed E-state index contributed by atoms with van der Waals surface area (Å²) in [6, 6.07) is 0. The van der Waals surface area contributed by atoms with Gasteiger partial charge >= 0.3 is 0 Å². The quantitative estimate of drug-likeness (QED) is 0.695. The summed E-state index contributed by atoms with van der Waals surface area (Å²) in [6.45, 7) is 6.93. The molecule has 4 nitrogen and oxygen atoms in total. The maximum atomic E-state index is 13.8. The Morgan fingerprint density at radius 2 is 1.65 bits per heavy atom. The smallest absolute Gasteiger partial charge is 0.142 e. The van der Waals surface area contributed by atoms with Gasteiger partial charge in [0, 0.05) is 23.7 Å². The Bertz CT molecular complexity index is 715. The summed E-state index contributed by atoms with van der Waals surface area (Å²) in [6.07, 6.45) is 12.4. The van der Waals surface area contributed by atoms with Crippen LogP contribution >= 0.6 is 0 Å². The van der Waals surface area contributed by atoms with E-state index in [9.17, 15) is 14.7 Å². The molecular weight excluding hydrogens is 386 g/mol. The number of aliphatic hydroxyl groups is 1. The SMILES string of the molecule is C[C@]12CC[C@H](CCC3CCNCC3)CC1[C@@H](CO)C(=O)[C@@H]1[C@@H]2CC[C@]2(C)C(=O)CC[C@@H]12. The average molecular weight is 430 g/mol. The molecule has 0 aromatic carbocycles. The van der Waals surface area contributed by atoms with Gasteiger partial charge in [-0.1, -0.05) is 26.7 Å². The van der Waals surface area contributed by atoms with E-state index >= 15 is 0 Å². The first-order valence-electron chi connectivity index (χ1n) is 13.3. The van der Waals surface area contributed by atoms with Crippen molar-refractivity contribution in [2.45, 2.75) is 84.5 Å². The number of hydrogen-bond donors (Lipinski definition) is 2. The number of aliphatic hydroxyl groups excluding tert-OH is 1. The van der Waals surface area contributed by atoms with Crippen molar-refractivity contribution in [3.8, 4) is 0 Å². The van der Waals surface area contributed by atoms with Crippen LogP contribution in [0.15, 0.2) is 0 Å². The van der Waals surface area contributed by atoms with Crippen molar-refractivity contribution in [3.05, 3.63) is 0 Å². The Morgan fingerprint density at radius 1 is 0.903 bits per heavy atom. The summed E-state index contributed by atoms with van der Waals surface area (Å²) in [7, 11) is 0. The second-order valence-corrected chi connectivity index (χ2v) is 12.4. The number of piperidine rings is 1. The van der Waals surface area contributed by atoms with E-state index < -0.39 is 0 Å². The lowest BCUT2D eigenvalue weighted by atomic mass is 9.42. The summed E-state index contributed by atoms with van der Waals surface area (Å²) in [5, 5.41) is 13.9. The van der Waals surface area contributed by atoms with Crippen molar-refractivity contribution in [1.82, 2.24) is 5.32 Å². The predicted molar refractivity (Wildman–Crippen MR) is 121 cm³/mol. The summed E-state index contributed by atoms with van der Waals surface area (Å²) in [5.41, 5.74) is -0.129. The lowest BCUT2D eigenvalue weighted by Gasteiger charge is -2.61. The molecule has 31 heavy (non-hydrogen) atoms. The van der Waals surface area contributed by atoms with Crippen molar-refractivity contribution in [2.75, 3.05) is 19.7 Å². The molecule has 0 aromatic rings. The Kier molecular flexibility index (Phi) is 5.87. The number of nitrogens with one attached hydrogen (secondary N) is 1. The van der Waals surface area contributed by atoms with Gasteiger partial charge in [0.05, 0.1) is 6.61 Å². The topological polar surface area (TPSA) is 66.4 Å². The van der Waals surface area contributed by atoms with Gasteiger partial charge in [0.1, 0.15) is 11.6 Å². The fraction of sp³-hybridized carbons (Fsp3) is 0.926. The van der Waals surface area contributed by atoms with Crippen LogP contribution in [-0.2, 0) is 9.59 Å². The molecule has 0 amide bonds. The fourth-order valence-corrected chi connectivity index (χ4v) is 9.15. The first-order chi connectivity index (χ1) is 14.9. The predicted octanol–water partition coefficient (Wildman–Crippen LogP) is 4.39. The van der Waals surface area contributed by atoms with Crippen LogP contribution in [0.25, 0.3) is 0 Å². The van der Waals surface area contributed by atoms with Gasteiger partial charge < -0.3 is 10.4 Å². The number of carbonyl (C=O) groups excluding carboxylic acids is 2. The standard InChI is InChI=1S/C27H43NO3/c1-26-11-7-18(4-3-17-9-13-28-14-10-17)15-22(26)19(16-29)25(31)24-20-5-6-23(30)27(20,2)12-8-21(24)26/h17-22,24,28-29H,3-16H2,1-2H3/t18-,19+,20-,21-,22?,24-,26+,27-/m0/s1. The zero-order chi connectivity index (χ0) is 21.8. The molecule has 8 atom stereocenters. The van der Waals surface area contributed by atoms with E-state index in [1.807, 2.05) is 0 Å². The minimum absolute atomic E-state index is 0.000700. The molecule has 0 spiro atoms. The molecule has 174 valence electrons. The first-order valence-corrected chi connectivity index (χ1v) is 13.3. The Balaban J connectivity index is 1.34. The average Bonchev–Trinajstić information content (AvgIpc) is 3.08. The molecule has 2 N–H and O–H groups in total. The maximum absolute atomic E-state index is 13.8. The van der Waals surface area contributed by atoms with Gasteiger partial charge in [0.2, 0.25) is 0 Å². The molecule has 4 aliphatic carbocycles. The van der Waals surface area contributed by atoms with Crippen molar-refractivity contribution >= 4 is 11.6 Å². The summed E-state index contributed by atoms with van der Waals surface area (Å²) in [4.78, 5) is 26.5. The first kappa shape index (κ1) is 22.1. The largest absolute Gasteiger partial charge is 0.396 e. The number of carbonyl (C=O) groups is 2. The lowest BCUT2D eigenvalue weighted by molar-refractivity contribution is -0.172. The summed E-state index contributed by atoms with van der Waals surface area (Å²) >= 11 is 0. The highest BCUT2D eigenvalue weighted by Crippen LogP contribution is 2.66. The zero-order valence-corrected chi connectivity index (χ0v) is 19.7. The van der Waals surface area contributed by atoms with E-state index in [0.29, 0.717) is 35.7 Å². The summed E-state index contributed by atoms with van der Waals surface area (Å²) < 4.78 is 0. The Labute approximate surface area is 188 Å². The normalized spacial score (nSPS) is 48.2. The monoisotopic (exact) mass is 429 g/mol. The second-order valence-electron chi connectivity index (χ2n) is 12.4. The molecule has 5 rings (SSSR count). The second kappa shape index (κ2) is 8.24. The van der Waals surface area contributed by atoms with Crippen molar-refractivity contribution in [2.24, 2.45) is 52.3 Å². The minimum Gasteiger partial charge on any atom is -0.396 e. The van der Waals surface area contributed by atoms with E-state index in [2.05, 4.69) is 19.2 Å². The molecule has 4 saturated carbocycles. The van der Waals surface area contributed by atoms with Crippen LogP contribution in [0.5, 0.6) is 0 Å². The summed E-state index contributed by atoms with van der Waals surface area (Å²) in [5.74, 6) is 3.07. The van der Waals surface area contributed by atoms with E-state index in [1.54, 1.807) is 0 Å². The van der Waals surface area contributed by atoms with E-state index in [-0.39, 0.29) is 35.2 Å². The maximum Gasteiger partial charge on any atom is 0.142 e. The van der Waals surface area contributed by atoms with Crippen LogP contribution < -0.4 is 5.32 Å². The van der Waals surface area contributed by atoms with Gasteiger partial charge in [0.25, 0.3) is 0 Å². The van der Waals surface area contributed by atoms with Gasteiger partial charge in [-0.3, -0.25) is 9.59 Å². The Hall–Kier alpha value is -0.740. The zero-order valence-electron chi connectivity index (χ0n) is 19.7. The highest BCUT2D eigenvalue weighted by Gasteiger charge is 2.65. The lowest BCUT2D eigenvalue weighted by Crippen LogP contribution is -2.61. The van der Waals surface area contributed by atoms with Crippen LogP contribution in [0.3, 0.4) is 0 Å². The van der Waals surface area contributed by atoms with Gasteiger partial charge in [-0.05, 0) is 99.5 Å². The minimum atomic E-state index is -0.286. The molecule has 0 aromatic heterocycles. The number of Topliss-reactive ketones (excluding diaryl/α,β-unsaturated/α-hetero) is 2. The molecule has 1 aliphatic heterocycles. The van der Waals surface area contributed by atoms with Gasteiger partial charge in [-0.25, -0.2) is 0 Å². The van der Waals surface area contributed by atoms with Crippen LogP contribution in [0.2, 0.25) is 0 Å². The molecule has 1 heterocycles. The van der Waals surface area contributed by atoms with E-state index in [0.717, 1.165) is 31.6 Å². The van der Waals surface area contributed by atoms with Crippen LogP contribution in [0.1, 0.15) is 84.5 Å². The van der Waals surface area contributed by atoms with E-state index in [4.69, 9.17) is 0 Å². The molecule has 1 unspecified atom stereocenters. The van der Waals surface area contributed by atoms with Crippen molar-refractivity contribution < 1.29 is 14.7 Å². The molecule has 0 bridgehead atoms. The van der Waals surface area contributed by atoms with E-state index in [1.165, 1.54) is 51.6 Å². The van der Waals surface area contributed by atoms with Crippen LogP contribution in [0, 0.1) is 52.3 Å². The van der Waals surface area contributed by atoms with Crippen LogP contribution in [-0.4, -0.2) is 36.4 Å². The third-order valence-corrected chi connectivity index (χ3v) is 11.2. The molecule has 5 aliphatic rings. The third kappa shape index (κ3) is 3.46. The number of ketones is 2. The molecule has 0 radical (unpaired) electrons. The molecule has 4 heteroatoms.